The van der Waals surface area contributed by atoms with E-state index in [0.29, 0.717) is 6.54 Å². The Balaban J connectivity index is 1.22. The SMILES string of the molecule is O=C(NCc1ccc(CNc2cc(-c3ccccc3)cc3c(Br)cnn23)cc1)Nc1ccccc1C(F)(F)F. The smallest absolute Gasteiger partial charge is 0.366 e. The van der Waals surface area contributed by atoms with Crippen molar-refractivity contribution in [3.63, 3.8) is 0 Å². The number of aromatic nitrogens is 2. The summed E-state index contributed by atoms with van der Waals surface area (Å²) in [6, 6.07) is 25.9. The minimum absolute atomic E-state index is 0.161. The Bertz CT molecular complexity index is 1600. The third kappa shape index (κ3) is 6.23. The molecule has 0 aliphatic heterocycles. The molecule has 0 atom stereocenters. The third-order valence-electron chi connectivity index (χ3n) is 6.11. The van der Waals surface area contributed by atoms with Crippen LogP contribution in [0.15, 0.2) is 102 Å². The maximum Gasteiger partial charge on any atom is 0.418 e. The van der Waals surface area contributed by atoms with Crippen LogP contribution in [0, 0.1) is 0 Å². The lowest BCUT2D eigenvalue weighted by atomic mass is 10.1. The quantitative estimate of drug-likeness (QED) is 0.181. The van der Waals surface area contributed by atoms with Gasteiger partial charge in [0.1, 0.15) is 5.82 Å². The number of amides is 2. The number of hydrogen-bond donors (Lipinski definition) is 3. The summed E-state index contributed by atoms with van der Waals surface area (Å²) in [5.41, 5.74) is 3.72. The van der Waals surface area contributed by atoms with Gasteiger partial charge in [-0.2, -0.15) is 18.3 Å². The lowest BCUT2D eigenvalue weighted by molar-refractivity contribution is -0.136. The largest absolute Gasteiger partial charge is 0.418 e. The molecule has 2 aromatic heterocycles. The van der Waals surface area contributed by atoms with Crippen LogP contribution >= 0.6 is 15.9 Å². The Morgan fingerprint density at radius 1 is 0.846 bits per heavy atom. The van der Waals surface area contributed by atoms with E-state index in [9.17, 15) is 18.0 Å². The molecule has 0 spiro atoms. The zero-order chi connectivity index (χ0) is 27.4. The summed E-state index contributed by atoms with van der Waals surface area (Å²) in [6.07, 6.45) is -2.80. The van der Waals surface area contributed by atoms with Gasteiger partial charge in [0.2, 0.25) is 0 Å². The number of urea groups is 1. The lowest BCUT2D eigenvalue weighted by Gasteiger charge is -2.14. The van der Waals surface area contributed by atoms with Gasteiger partial charge < -0.3 is 16.0 Å². The van der Waals surface area contributed by atoms with Crippen molar-refractivity contribution < 1.29 is 18.0 Å². The van der Waals surface area contributed by atoms with Gasteiger partial charge in [0.05, 0.1) is 27.4 Å². The third-order valence-corrected chi connectivity index (χ3v) is 6.72. The van der Waals surface area contributed by atoms with E-state index in [1.165, 1.54) is 18.2 Å². The topological polar surface area (TPSA) is 70.5 Å². The molecule has 0 saturated carbocycles. The van der Waals surface area contributed by atoms with Crippen molar-refractivity contribution in [1.29, 1.82) is 0 Å². The minimum Gasteiger partial charge on any atom is -0.366 e. The predicted octanol–water partition coefficient (Wildman–Crippen LogP) is 7.72. The number of carbonyl (C=O) groups excluding carboxylic acids is 1. The monoisotopic (exact) mass is 593 g/mol. The van der Waals surface area contributed by atoms with E-state index in [0.717, 1.165) is 44.1 Å². The van der Waals surface area contributed by atoms with E-state index in [1.807, 2.05) is 47.0 Å². The molecule has 3 aromatic carbocycles. The van der Waals surface area contributed by atoms with E-state index in [2.05, 4.69) is 61.2 Å². The van der Waals surface area contributed by atoms with Gasteiger partial charge in [0, 0.05) is 13.1 Å². The van der Waals surface area contributed by atoms with E-state index in [-0.39, 0.29) is 12.2 Å². The Labute approximate surface area is 231 Å². The Morgan fingerprint density at radius 2 is 1.51 bits per heavy atom. The molecule has 0 saturated heterocycles. The Hall–Kier alpha value is -4.31. The summed E-state index contributed by atoms with van der Waals surface area (Å²) >= 11 is 3.57. The number of para-hydroxylation sites is 1. The number of halogens is 4. The molecule has 0 unspecified atom stereocenters. The number of anilines is 2. The molecule has 2 amide bonds. The highest BCUT2D eigenvalue weighted by Gasteiger charge is 2.33. The first-order valence-corrected chi connectivity index (χ1v) is 12.8. The van der Waals surface area contributed by atoms with Crippen LogP contribution in [0.1, 0.15) is 16.7 Å². The van der Waals surface area contributed by atoms with Crippen LogP contribution in [0.2, 0.25) is 0 Å². The second kappa shape index (κ2) is 11.2. The van der Waals surface area contributed by atoms with Crippen LogP contribution in [0.4, 0.5) is 29.5 Å². The summed E-state index contributed by atoms with van der Waals surface area (Å²) in [7, 11) is 0. The minimum atomic E-state index is -4.56. The van der Waals surface area contributed by atoms with Gasteiger partial charge in [-0.25, -0.2) is 9.31 Å². The molecule has 10 heteroatoms. The number of pyridine rings is 1. The van der Waals surface area contributed by atoms with Crippen LogP contribution in [0.5, 0.6) is 0 Å². The van der Waals surface area contributed by atoms with E-state index >= 15 is 0 Å². The summed E-state index contributed by atoms with van der Waals surface area (Å²) in [6.45, 7) is 0.696. The molecule has 2 heterocycles. The highest BCUT2D eigenvalue weighted by molar-refractivity contribution is 9.10. The first kappa shape index (κ1) is 26.3. The first-order chi connectivity index (χ1) is 18.8. The summed E-state index contributed by atoms with van der Waals surface area (Å²) in [5, 5.41) is 12.8. The van der Waals surface area contributed by atoms with Gasteiger partial charge in [0.25, 0.3) is 0 Å². The standard InChI is InChI=1S/C29H23BrF3N5O/c30-24-18-36-38-26(24)14-22(21-6-2-1-3-7-21)15-27(38)34-16-19-10-12-20(13-11-19)17-35-28(39)37-25-9-5-4-8-23(25)29(31,32)33/h1-15,18,34H,16-17H2,(H2,35,37,39). The zero-order valence-electron chi connectivity index (χ0n) is 20.5. The van der Waals surface area contributed by atoms with E-state index in [1.54, 1.807) is 6.20 Å². The van der Waals surface area contributed by atoms with Crippen molar-refractivity contribution in [3.8, 4) is 11.1 Å². The number of fused-ring (bicyclic) bond motifs is 1. The van der Waals surface area contributed by atoms with Gasteiger partial charge in [-0.05, 0) is 62.4 Å². The molecule has 0 aliphatic rings. The first-order valence-electron chi connectivity index (χ1n) is 12.0. The summed E-state index contributed by atoms with van der Waals surface area (Å²) < 4.78 is 42.2. The fourth-order valence-corrected chi connectivity index (χ4v) is 4.51. The fourth-order valence-electron chi connectivity index (χ4n) is 4.14. The Morgan fingerprint density at radius 3 is 2.23 bits per heavy atom. The van der Waals surface area contributed by atoms with Crippen LogP contribution in [-0.2, 0) is 19.3 Å². The number of nitrogens with zero attached hydrogens (tertiary/aromatic N) is 2. The van der Waals surface area contributed by atoms with Crippen molar-refractivity contribution in [2.24, 2.45) is 0 Å². The number of alkyl halides is 3. The maximum absolute atomic E-state index is 13.2. The average molecular weight is 594 g/mol. The average Bonchev–Trinajstić information content (AvgIpc) is 3.32. The molecular formula is C29H23BrF3N5O. The predicted molar refractivity (Wildman–Crippen MR) is 149 cm³/mol. The number of nitrogens with one attached hydrogen (secondary N) is 3. The Kier molecular flexibility index (Phi) is 7.56. The van der Waals surface area contributed by atoms with Crippen LogP contribution in [0.25, 0.3) is 16.6 Å². The molecule has 3 N–H and O–H groups in total. The van der Waals surface area contributed by atoms with E-state index in [4.69, 9.17) is 0 Å². The molecule has 5 aromatic rings. The van der Waals surface area contributed by atoms with Gasteiger partial charge in [-0.1, -0.05) is 66.7 Å². The molecule has 0 aliphatic carbocycles. The highest BCUT2D eigenvalue weighted by atomic mass is 79.9. The normalized spacial score (nSPS) is 11.4. The van der Waals surface area contributed by atoms with Crippen molar-refractivity contribution in [1.82, 2.24) is 14.9 Å². The second-order valence-electron chi connectivity index (χ2n) is 8.81. The molecule has 6 nitrogen and oxygen atoms in total. The molecule has 0 bridgehead atoms. The maximum atomic E-state index is 13.2. The number of rotatable bonds is 7. The van der Waals surface area contributed by atoms with Crippen molar-refractivity contribution in [2.45, 2.75) is 19.3 Å². The van der Waals surface area contributed by atoms with Crippen molar-refractivity contribution in [3.05, 3.63) is 118 Å². The van der Waals surface area contributed by atoms with Gasteiger partial charge in [-0.3, -0.25) is 0 Å². The van der Waals surface area contributed by atoms with Crippen LogP contribution in [-0.4, -0.2) is 15.6 Å². The molecule has 0 radical (unpaired) electrons. The molecular weight excluding hydrogens is 571 g/mol. The van der Waals surface area contributed by atoms with Crippen LogP contribution in [0.3, 0.4) is 0 Å². The van der Waals surface area contributed by atoms with Crippen molar-refractivity contribution >= 4 is 39.0 Å². The molecule has 198 valence electrons. The summed E-state index contributed by atoms with van der Waals surface area (Å²) in [4.78, 5) is 12.2. The second-order valence-corrected chi connectivity index (χ2v) is 9.66. The van der Waals surface area contributed by atoms with Crippen LogP contribution < -0.4 is 16.0 Å². The number of carbonyl (C=O) groups is 1. The van der Waals surface area contributed by atoms with Gasteiger partial charge in [0.15, 0.2) is 0 Å². The van der Waals surface area contributed by atoms with Gasteiger partial charge in [-0.15, -0.1) is 0 Å². The fraction of sp³-hybridized carbons (Fsp3) is 0.103. The summed E-state index contributed by atoms with van der Waals surface area (Å²) in [5.74, 6) is 0.832. The molecule has 39 heavy (non-hydrogen) atoms. The number of hydrogen-bond acceptors (Lipinski definition) is 3. The zero-order valence-corrected chi connectivity index (χ0v) is 22.1. The van der Waals surface area contributed by atoms with Gasteiger partial charge >= 0.3 is 12.2 Å². The molecule has 5 rings (SSSR count). The number of benzene rings is 3. The highest BCUT2D eigenvalue weighted by Crippen LogP contribution is 2.34. The molecule has 0 fully saturated rings. The van der Waals surface area contributed by atoms with Crippen molar-refractivity contribution in [2.75, 3.05) is 10.6 Å². The van der Waals surface area contributed by atoms with E-state index < -0.39 is 17.8 Å². The lowest BCUT2D eigenvalue weighted by Crippen LogP contribution is -2.29.